The van der Waals surface area contributed by atoms with Crippen LogP contribution in [-0.4, -0.2) is 5.78 Å². The monoisotopic (exact) mass is 246 g/mol. The molecule has 92 valence electrons. The fraction of sp³-hybridized carbons (Fsp3) is 0.133. The van der Waals surface area contributed by atoms with Crippen LogP contribution < -0.4 is 0 Å². The van der Waals surface area contributed by atoms with E-state index in [0.29, 0.717) is 11.1 Å². The molecule has 18 heavy (non-hydrogen) atoms. The zero-order chi connectivity index (χ0) is 13.1. The summed E-state index contributed by atoms with van der Waals surface area (Å²) in [5.41, 5.74) is 1.27. The largest absolute Gasteiger partial charge is 0.300 e. The Morgan fingerprint density at radius 3 is 2.39 bits per heavy atom. The zero-order valence-electron chi connectivity index (χ0n) is 9.91. The molecule has 3 heteroatoms. The normalized spacial score (nSPS) is 10.4. The lowest BCUT2D eigenvalue weighted by molar-refractivity contribution is -0.116. The van der Waals surface area contributed by atoms with Gasteiger partial charge in [0.1, 0.15) is 5.78 Å². The summed E-state index contributed by atoms with van der Waals surface area (Å²) in [7, 11) is 0. The summed E-state index contributed by atoms with van der Waals surface area (Å²) in [6, 6.07) is 11.3. The van der Waals surface area contributed by atoms with Crippen LogP contribution in [0.25, 0.3) is 11.1 Å². The van der Waals surface area contributed by atoms with Crippen LogP contribution in [0.15, 0.2) is 42.5 Å². The van der Waals surface area contributed by atoms with Gasteiger partial charge in [-0.2, -0.15) is 0 Å². The second-order valence-corrected chi connectivity index (χ2v) is 4.18. The van der Waals surface area contributed by atoms with Gasteiger partial charge in [0, 0.05) is 12.0 Å². The number of Topliss-reactive ketones (excluding diaryl/α,β-unsaturated/α-hetero) is 1. The lowest BCUT2D eigenvalue weighted by atomic mass is 10.00. The van der Waals surface area contributed by atoms with Gasteiger partial charge >= 0.3 is 0 Å². The molecule has 2 aromatic rings. The minimum absolute atomic E-state index is 0.0833. The van der Waals surface area contributed by atoms with E-state index in [1.165, 1.54) is 13.0 Å². The maximum absolute atomic E-state index is 13.7. The first-order valence-corrected chi connectivity index (χ1v) is 5.60. The maximum Gasteiger partial charge on any atom is 0.166 e. The van der Waals surface area contributed by atoms with Gasteiger partial charge in [0.25, 0.3) is 0 Å². The van der Waals surface area contributed by atoms with Crippen molar-refractivity contribution in [1.29, 1.82) is 0 Å². The summed E-state index contributed by atoms with van der Waals surface area (Å²) in [5, 5.41) is 0. The summed E-state index contributed by atoms with van der Waals surface area (Å²) in [6.45, 7) is 1.42. The minimum Gasteiger partial charge on any atom is -0.300 e. The van der Waals surface area contributed by atoms with Crippen LogP contribution in [0.5, 0.6) is 0 Å². The molecule has 0 unspecified atom stereocenters. The first-order chi connectivity index (χ1) is 8.58. The van der Waals surface area contributed by atoms with Crippen molar-refractivity contribution in [1.82, 2.24) is 0 Å². The highest BCUT2D eigenvalue weighted by atomic mass is 19.2. The first kappa shape index (κ1) is 12.4. The molecule has 0 heterocycles. The van der Waals surface area contributed by atoms with Gasteiger partial charge in [-0.3, -0.25) is 4.79 Å². The SMILES string of the molecule is CC(=O)Cc1cc(F)c(F)c(-c2ccccc2)c1. The molecule has 0 saturated carbocycles. The van der Waals surface area contributed by atoms with Gasteiger partial charge in [0.05, 0.1) is 0 Å². The topological polar surface area (TPSA) is 17.1 Å². The predicted octanol–water partition coefficient (Wildman–Crippen LogP) is 3.76. The summed E-state index contributed by atoms with van der Waals surface area (Å²) >= 11 is 0. The highest BCUT2D eigenvalue weighted by molar-refractivity contribution is 5.79. The molecule has 2 rings (SSSR count). The maximum atomic E-state index is 13.7. The molecule has 2 aromatic carbocycles. The smallest absolute Gasteiger partial charge is 0.166 e. The third kappa shape index (κ3) is 2.62. The van der Waals surface area contributed by atoms with Gasteiger partial charge < -0.3 is 0 Å². The van der Waals surface area contributed by atoms with E-state index in [1.54, 1.807) is 30.3 Å². The molecule has 0 amide bonds. The summed E-state index contributed by atoms with van der Waals surface area (Å²) in [6.07, 6.45) is 0.108. The van der Waals surface area contributed by atoms with Gasteiger partial charge in [0.15, 0.2) is 11.6 Å². The molecular weight excluding hydrogens is 234 g/mol. The van der Waals surface area contributed by atoms with Gasteiger partial charge in [0.2, 0.25) is 0 Å². The van der Waals surface area contributed by atoms with Crippen LogP contribution in [0.3, 0.4) is 0 Å². The van der Waals surface area contributed by atoms with E-state index in [-0.39, 0.29) is 17.8 Å². The number of hydrogen-bond acceptors (Lipinski definition) is 1. The molecule has 0 aliphatic carbocycles. The molecule has 0 saturated heterocycles. The number of ketones is 1. The van der Waals surface area contributed by atoms with Gasteiger partial charge in [-0.25, -0.2) is 8.78 Å². The van der Waals surface area contributed by atoms with Crippen molar-refractivity contribution in [3.63, 3.8) is 0 Å². The molecule has 0 N–H and O–H groups in total. The Labute approximate surface area is 104 Å². The van der Waals surface area contributed by atoms with Crippen LogP contribution in [0.1, 0.15) is 12.5 Å². The Bertz CT molecular complexity index is 577. The Morgan fingerprint density at radius 2 is 1.78 bits per heavy atom. The average Bonchev–Trinajstić information content (AvgIpc) is 2.34. The van der Waals surface area contributed by atoms with Crippen molar-refractivity contribution >= 4 is 5.78 Å². The highest BCUT2D eigenvalue weighted by Gasteiger charge is 2.13. The molecule has 0 aliphatic heterocycles. The molecular formula is C15H12F2O. The second kappa shape index (κ2) is 5.08. The Hall–Kier alpha value is -2.03. The average molecular weight is 246 g/mol. The van der Waals surface area contributed by atoms with E-state index >= 15 is 0 Å². The standard InChI is InChI=1S/C15H12F2O/c1-10(18)7-11-8-13(15(17)14(16)9-11)12-5-3-2-4-6-12/h2-6,8-9H,7H2,1H3. The van der Waals surface area contributed by atoms with E-state index in [0.717, 1.165) is 6.07 Å². The predicted molar refractivity (Wildman–Crippen MR) is 66.2 cm³/mol. The molecule has 1 nitrogen and oxygen atoms in total. The Morgan fingerprint density at radius 1 is 1.11 bits per heavy atom. The summed E-state index contributed by atoms with van der Waals surface area (Å²) in [5.74, 6) is -1.89. The fourth-order valence-corrected chi connectivity index (χ4v) is 1.86. The third-order valence-electron chi connectivity index (χ3n) is 2.63. The summed E-state index contributed by atoms with van der Waals surface area (Å²) in [4.78, 5) is 11.0. The molecule has 0 aromatic heterocycles. The van der Waals surface area contributed by atoms with Crippen molar-refractivity contribution < 1.29 is 13.6 Å². The number of hydrogen-bond donors (Lipinski definition) is 0. The molecule has 0 bridgehead atoms. The number of carbonyl (C=O) groups is 1. The fourth-order valence-electron chi connectivity index (χ4n) is 1.86. The lowest BCUT2D eigenvalue weighted by Crippen LogP contribution is -2.00. The summed E-state index contributed by atoms with van der Waals surface area (Å²) < 4.78 is 27.2. The highest BCUT2D eigenvalue weighted by Crippen LogP contribution is 2.26. The van der Waals surface area contributed by atoms with Gasteiger partial charge in [-0.05, 0) is 30.2 Å². The number of halogens is 2. The van der Waals surface area contributed by atoms with Crippen LogP contribution in [0, 0.1) is 11.6 Å². The number of rotatable bonds is 3. The van der Waals surface area contributed by atoms with E-state index < -0.39 is 11.6 Å². The quantitative estimate of drug-likeness (QED) is 0.805. The Balaban J connectivity index is 2.53. The van der Waals surface area contributed by atoms with E-state index in [2.05, 4.69) is 0 Å². The molecule has 0 radical (unpaired) electrons. The van der Waals surface area contributed by atoms with E-state index in [4.69, 9.17) is 0 Å². The Kier molecular flexibility index (Phi) is 3.51. The minimum atomic E-state index is -0.924. The molecule has 0 spiro atoms. The molecule has 0 fully saturated rings. The van der Waals surface area contributed by atoms with Crippen LogP contribution in [-0.2, 0) is 11.2 Å². The van der Waals surface area contributed by atoms with Gasteiger partial charge in [-0.1, -0.05) is 30.3 Å². The lowest BCUT2D eigenvalue weighted by Gasteiger charge is -2.07. The van der Waals surface area contributed by atoms with Crippen molar-refractivity contribution in [2.75, 3.05) is 0 Å². The van der Waals surface area contributed by atoms with Crippen LogP contribution >= 0.6 is 0 Å². The van der Waals surface area contributed by atoms with E-state index in [1.807, 2.05) is 0 Å². The first-order valence-electron chi connectivity index (χ1n) is 5.60. The van der Waals surface area contributed by atoms with Crippen molar-refractivity contribution in [2.45, 2.75) is 13.3 Å². The third-order valence-corrected chi connectivity index (χ3v) is 2.63. The number of carbonyl (C=O) groups excluding carboxylic acids is 1. The van der Waals surface area contributed by atoms with Crippen LogP contribution in [0.2, 0.25) is 0 Å². The molecule has 0 atom stereocenters. The number of benzene rings is 2. The second-order valence-electron chi connectivity index (χ2n) is 4.18. The van der Waals surface area contributed by atoms with Crippen molar-refractivity contribution in [3.8, 4) is 11.1 Å². The van der Waals surface area contributed by atoms with Crippen molar-refractivity contribution in [3.05, 3.63) is 59.7 Å². The van der Waals surface area contributed by atoms with Crippen molar-refractivity contribution in [2.24, 2.45) is 0 Å². The van der Waals surface area contributed by atoms with E-state index in [9.17, 15) is 13.6 Å². The molecule has 0 aliphatic rings. The van der Waals surface area contributed by atoms with Gasteiger partial charge in [-0.15, -0.1) is 0 Å². The zero-order valence-corrected chi connectivity index (χ0v) is 9.91. The van der Waals surface area contributed by atoms with Crippen LogP contribution in [0.4, 0.5) is 8.78 Å².